The smallest absolute Gasteiger partial charge is 0.158 e. The SMILES string of the molecule is CCOC[C@@H]1CCS(=O)(=O)C12CN(Cc1ccoc1)C2. The van der Waals surface area contributed by atoms with E-state index in [1.54, 1.807) is 12.5 Å². The van der Waals surface area contributed by atoms with E-state index >= 15 is 0 Å². The topological polar surface area (TPSA) is 59.8 Å². The number of sulfone groups is 1. The average molecular weight is 299 g/mol. The molecule has 1 aromatic heterocycles. The summed E-state index contributed by atoms with van der Waals surface area (Å²) in [4.78, 5) is 2.17. The lowest BCUT2D eigenvalue weighted by Crippen LogP contribution is -2.67. The molecule has 0 unspecified atom stereocenters. The van der Waals surface area contributed by atoms with Gasteiger partial charge in [0.2, 0.25) is 0 Å². The second kappa shape index (κ2) is 5.16. The van der Waals surface area contributed by atoms with Gasteiger partial charge in [0, 0.05) is 37.7 Å². The molecule has 3 rings (SSSR count). The highest BCUT2D eigenvalue weighted by Crippen LogP contribution is 2.45. The first-order chi connectivity index (χ1) is 9.57. The van der Waals surface area contributed by atoms with Crippen LogP contribution in [0.3, 0.4) is 0 Å². The molecule has 6 heteroatoms. The molecule has 0 aliphatic carbocycles. The molecule has 0 saturated carbocycles. The van der Waals surface area contributed by atoms with Crippen molar-refractivity contribution in [1.29, 1.82) is 0 Å². The van der Waals surface area contributed by atoms with E-state index in [1.165, 1.54) is 0 Å². The summed E-state index contributed by atoms with van der Waals surface area (Å²) in [7, 11) is -2.99. The van der Waals surface area contributed by atoms with Crippen molar-refractivity contribution in [2.75, 3.05) is 32.1 Å². The predicted molar refractivity (Wildman–Crippen MR) is 75.1 cm³/mol. The lowest BCUT2D eigenvalue weighted by atomic mass is 9.83. The van der Waals surface area contributed by atoms with E-state index in [1.807, 2.05) is 13.0 Å². The van der Waals surface area contributed by atoms with Crippen LogP contribution in [0.1, 0.15) is 18.9 Å². The van der Waals surface area contributed by atoms with Crippen molar-refractivity contribution in [3.8, 4) is 0 Å². The molecule has 3 heterocycles. The van der Waals surface area contributed by atoms with Crippen LogP contribution in [-0.4, -0.2) is 50.1 Å². The van der Waals surface area contributed by atoms with E-state index in [2.05, 4.69) is 4.90 Å². The van der Waals surface area contributed by atoms with Crippen molar-refractivity contribution >= 4 is 9.84 Å². The van der Waals surface area contributed by atoms with Gasteiger partial charge < -0.3 is 9.15 Å². The van der Waals surface area contributed by atoms with E-state index in [4.69, 9.17) is 9.15 Å². The first-order valence-electron chi connectivity index (χ1n) is 7.11. The number of hydrogen-bond acceptors (Lipinski definition) is 5. The van der Waals surface area contributed by atoms with Crippen LogP contribution in [-0.2, 0) is 21.1 Å². The zero-order valence-electron chi connectivity index (χ0n) is 11.7. The number of ether oxygens (including phenoxy) is 1. The Kier molecular flexibility index (Phi) is 3.64. The molecule has 2 aliphatic rings. The van der Waals surface area contributed by atoms with Crippen LogP contribution in [0.4, 0.5) is 0 Å². The van der Waals surface area contributed by atoms with Gasteiger partial charge in [-0.3, -0.25) is 4.90 Å². The molecule has 0 bridgehead atoms. The van der Waals surface area contributed by atoms with Crippen molar-refractivity contribution in [2.45, 2.75) is 24.6 Å². The minimum atomic E-state index is -2.99. The molecule has 5 nitrogen and oxygen atoms in total. The minimum absolute atomic E-state index is 0.146. The summed E-state index contributed by atoms with van der Waals surface area (Å²) in [6, 6.07) is 1.92. The molecule has 20 heavy (non-hydrogen) atoms. The third-order valence-corrected chi connectivity index (χ3v) is 7.19. The monoisotopic (exact) mass is 299 g/mol. The fourth-order valence-corrected chi connectivity index (χ4v) is 5.88. The molecule has 2 saturated heterocycles. The number of likely N-dealkylation sites (tertiary alicyclic amines) is 1. The number of rotatable bonds is 5. The molecule has 0 amide bonds. The molecule has 0 radical (unpaired) electrons. The van der Waals surface area contributed by atoms with E-state index in [0.717, 1.165) is 18.5 Å². The summed E-state index contributed by atoms with van der Waals surface area (Å²) in [5.74, 6) is 0.456. The van der Waals surface area contributed by atoms with Crippen LogP contribution in [0, 0.1) is 5.92 Å². The molecule has 1 spiro atoms. The standard InChI is InChI=1S/C14H21NO4S/c1-2-18-9-13-4-6-20(16,17)14(13)10-15(11-14)7-12-3-5-19-8-12/h3,5,8,13H,2,4,6-7,9-11H2,1H3/t13-/m0/s1. The normalized spacial score (nSPS) is 27.8. The summed E-state index contributed by atoms with van der Waals surface area (Å²) in [5, 5.41) is 0. The zero-order valence-corrected chi connectivity index (χ0v) is 12.6. The van der Waals surface area contributed by atoms with Gasteiger partial charge in [-0.2, -0.15) is 0 Å². The zero-order chi connectivity index (χ0) is 14.2. The fraction of sp³-hybridized carbons (Fsp3) is 0.714. The minimum Gasteiger partial charge on any atom is -0.472 e. The van der Waals surface area contributed by atoms with Crippen molar-refractivity contribution < 1.29 is 17.6 Å². The van der Waals surface area contributed by atoms with Gasteiger partial charge in [0.15, 0.2) is 9.84 Å². The van der Waals surface area contributed by atoms with Gasteiger partial charge >= 0.3 is 0 Å². The second-order valence-electron chi connectivity index (χ2n) is 5.81. The molecular formula is C14H21NO4S. The summed E-state index contributed by atoms with van der Waals surface area (Å²) < 4.78 is 34.7. The fourth-order valence-electron chi connectivity index (χ4n) is 3.43. The van der Waals surface area contributed by atoms with Crippen molar-refractivity contribution in [3.63, 3.8) is 0 Å². The summed E-state index contributed by atoms with van der Waals surface area (Å²) in [6.07, 6.45) is 4.10. The lowest BCUT2D eigenvalue weighted by molar-refractivity contribution is 0.0291. The Labute approximate surface area is 119 Å². The summed E-state index contributed by atoms with van der Waals surface area (Å²) in [5.41, 5.74) is 1.09. The van der Waals surface area contributed by atoms with Gasteiger partial charge in [-0.1, -0.05) is 0 Å². The molecule has 1 aromatic rings. The van der Waals surface area contributed by atoms with Crippen LogP contribution in [0.5, 0.6) is 0 Å². The van der Waals surface area contributed by atoms with Crippen LogP contribution >= 0.6 is 0 Å². The molecule has 0 aromatic carbocycles. The Balaban J connectivity index is 1.68. The van der Waals surface area contributed by atoms with Crippen molar-refractivity contribution in [3.05, 3.63) is 24.2 Å². The second-order valence-corrected chi connectivity index (χ2v) is 8.26. The maximum atomic E-state index is 12.4. The Morgan fingerprint density at radius 3 is 2.95 bits per heavy atom. The molecule has 0 N–H and O–H groups in total. The highest BCUT2D eigenvalue weighted by molar-refractivity contribution is 7.93. The molecular weight excluding hydrogens is 278 g/mol. The van der Waals surface area contributed by atoms with Gasteiger partial charge in [0.25, 0.3) is 0 Å². The van der Waals surface area contributed by atoms with E-state index in [0.29, 0.717) is 32.1 Å². The molecule has 2 fully saturated rings. The molecule has 112 valence electrons. The Morgan fingerprint density at radius 2 is 2.30 bits per heavy atom. The first-order valence-corrected chi connectivity index (χ1v) is 8.76. The highest BCUT2D eigenvalue weighted by atomic mass is 32.2. The third kappa shape index (κ3) is 2.19. The van der Waals surface area contributed by atoms with Gasteiger partial charge in [0.05, 0.1) is 24.9 Å². The third-order valence-electron chi connectivity index (χ3n) is 4.59. The van der Waals surface area contributed by atoms with Crippen molar-refractivity contribution in [2.24, 2.45) is 5.92 Å². The van der Waals surface area contributed by atoms with Crippen LogP contribution in [0.25, 0.3) is 0 Å². The van der Waals surface area contributed by atoms with E-state index in [9.17, 15) is 8.42 Å². The molecule has 2 aliphatic heterocycles. The van der Waals surface area contributed by atoms with Crippen molar-refractivity contribution in [1.82, 2.24) is 4.90 Å². The predicted octanol–water partition coefficient (Wildman–Crippen LogP) is 1.31. The number of hydrogen-bond donors (Lipinski definition) is 0. The number of nitrogens with zero attached hydrogens (tertiary/aromatic N) is 1. The Bertz CT molecular complexity index is 546. The maximum Gasteiger partial charge on any atom is 0.158 e. The maximum absolute atomic E-state index is 12.4. The Morgan fingerprint density at radius 1 is 1.50 bits per heavy atom. The Hall–Kier alpha value is -0.850. The average Bonchev–Trinajstić information content (AvgIpc) is 2.94. The van der Waals surface area contributed by atoms with Crippen LogP contribution in [0.2, 0.25) is 0 Å². The molecule has 1 atom stereocenters. The van der Waals surface area contributed by atoms with E-state index < -0.39 is 14.6 Å². The van der Waals surface area contributed by atoms with Gasteiger partial charge in [-0.25, -0.2) is 8.42 Å². The summed E-state index contributed by atoms with van der Waals surface area (Å²) in [6.45, 7) is 5.16. The van der Waals surface area contributed by atoms with Gasteiger partial charge in [-0.15, -0.1) is 0 Å². The van der Waals surface area contributed by atoms with Gasteiger partial charge in [0.1, 0.15) is 4.75 Å². The quantitative estimate of drug-likeness (QED) is 0.820. The summed E-state index contributed by atoms with van der Waals surface area (Å²) >= 11 is 0. The van der Waals surface area contributed by atoms with Crippen LogP contribution in [0.15, 0.2) is 23.0 Å². The number of furan rings is 1. The highest BCUT2D eigenvalue weighted by Gasteiger charge is 2.61. The van der Waals surface area contributed by atoms with E-state index in [-0.39, 0.29) is 5.92 Å². The first kappa shape index (κ1) is 14.1. The van der Waals surface area contributed by atoms with Gasteiger partial charge in [-0.05, 0) is 19.4 Å². The largest absolute Gasteiger partial charge is 0.472 e. The lowest BCUT2D eigenvalue weighted by Gasteiger charge is -2.50. The van der Waals surface area contributed by atoms with Crippen LogP contribution < -0.4 is 0 Å².